The van der Waals surface area contributed by atoms with Gasteiger partial charge in [0.25, 0.3) is 11.8 Å². The van der Waals surface area contributed by atoms with Gasteiger partial charge in [0.15, 0.2) is 0 Å². The van der Waals surface area contributed by atoms with Gasteiger partial charge in [0.05, 0.1) is 13.0 Å². The normalized spacial score (nSPS) is 13.9. The van der Waals surface area contributed by atoms with Gasteiger partial charge in [0.2, 0.25) is 0 Å². The summed E-state index contributed by atoms with van der Waals surface area (Å²) in [6.07, 6.45) is -0.0627. The third-order valence-corrected chi connectivity index (χ3v) is 3.68. The summed E-state index contributed by atoms with van der Waals surface area (Å²) in [5.74, 6) is -1.82. The van der Waals surface area contributed by atoms with Crippen molar-refractivity contribution in [3.05, 3.63) is 35.4 Å². The number of carbonyl (C=O) groups excluding carboxylic acids is 3. The van der Waals surface area contributed by atoms with Crippen molar-refractivity contribution in [3.63, 3.8) is 0 Å². The van der Waals surface area contributed by atoms with Crippen LogP contribution >= 0.6 is 11.7 Å². The average Bonchev–Trinajstić information content (AvgIpc) is 2.77. The Balaban J connectivity index is 0.00000288. The quantitative estimate of drug-likeness (QED) is 0.286. The number of benzene rings is 1. The van der Waals surface area contributed by atoms with Crippen molar-refractivity contribution < 1.29 is 31.8 Å². The predicted octanol–water partition coefficient (Wildman–Crippen LogP) is -0.770. The van der Waals surface area contributed by atoms with Crippen molar-refractivity contribution in [2.45, 2.75) is 25.9 Å². The number of imide groups is 1. The second-order valence-corrected chi connectivity index (χ2v) is 7.16. The first-order chi connectivity index (χ1) is 10.7. The molecular weight excluding hydrogens is 392 g/mol. The summed E-state index contributed by atoms with van der Waals surface area (Å²) in [4.78, 5) is 39.1. The van der Waals surface area contributed by atoms with Gasteiger partial charge < -0.3 is 4.84 Å². The van der Waals surface area contributed by atoms with Crippen LogP contribution in [0, 0.1) is 0 Å². The van der Waals surface area contributed by atoms with E-state index >= 15 is 0 Å². The van der Waals surface area contributed by atoms with E-state index in [-0.39, 0.29) is 85.0 Å². The Morgan fingerprint density at radius 3 is 2.00 bits per heavy atom. The second-order valence-electron chi connectivity index (χ2n) is 4.73. The molecule has 1 aliphatic heterocycles. The molecule has 12 heteroatoms. The van der Waals surface area contributed by atoms with Crippen LogP contribution in [-0.4, -0.2) is 90.4 Å². The molecule has 0 bridgehead atoms. The fourth-order valence-electron chi connectivity index (χ4n) is 1.85. The van der Waals surface area contributed by atoms with Gasteiger partial charge in [-0.2, -0.15) is 8.42 Å². The number of carbonyl (C=O) groups is 3. The molecule has 0 atom stereocenters. The molecule has 0 saturated carbocycles. The third kappa shape index (κ3) is 8.55. The number of hydrogen-bond acceptors (Lipinski definition) is 7. The number of hydroxylamine groups is 2. The topological polar surface area (TPSA) is 107 Å². The van der Waals surface area contributed by atoms with Crippen LogP contribution in [0.15, 0.2) is 24.3 Å². The Morgan fingerprint density at radius 1 is 1.04 bits per heavy atom. The van der Waals surface area contributed by atoms with Gasteiger partial charge in [0, 0.05) is 12.8 Å². The van der Waals surface area contributed by atoms with E-state index in [4.69, 9.17) is 4.84 Å². The second kappa shape index (κ2) is 11.1. The van der Waals surface area contributed by atoms with Crippen LogP contribution in [0.3, 0.4) is 0 Å². The molecule has 0 N–H and O–H groups in total. The van der Waals surface area contributed by atoms with E-state index in [1.807, 2.05) is 0 Å². The number of thiol groups is 1. The molecule has 1 aromatic carbocycles. The molecule has 0 radical (unpaired) electrons. The predicted molar refractivity (Wildman–Crippen MR) is 94.3 cm³/mol. The summed E-state index contributed by atoms with van der Waals surface area (Å²) in [5.41, 5.74) is 1.15. The van der Waals surface area contributed by atoms with Gasteiger partial charge >= 0.3 is 74.2 Å². The molecule has 0 unspecified atom stereocenters. The molecule has 1 heterocycles. The fraction of sp³-hybridized carbons (Fsp3) is 0.308. The monoisotopic (exact) mass is 407 g/mol. The maximum atomic E-state index is 11.7. The van der Waals surface area contributed by atoms with Crippen LogP contribution in [0.1, 0.15) is 24.0 Å². The molecule has 1 aromatic rings. The van der Waals surface area contributed by atoms with Gasteiger partial charge in [-0.1, -0.05) is 24.3 Å². The zero-order valence-electron chi connectivity index (χ0n) is 11.8. The van der Waals surface area contributed by atoms with Gasteiger partial charge in [-0.3, -0.25) is 13.8 Å². The van der Waals surface area contributed by atoms with E-state index in [9.17, 15) is 22.8 Å². The summed E-state index contributed by atoms with van der Waals surface area (Å²) in [6, 6.07) is 6.32. The van der Waals surface area contributed by atoms with Crippen LogP contribution < -0.4 is 0 Å². The van der Waals surface area contributed by atoms with Crippen molar-refractivity contribution in [3.8, 4) is 0 Å². The van der Waals surface area contributed by atoms with Crippen LogP contribution in [0.2, 0.25) is 0 Å². The molecule has 128 valence electrons. The molecule has 1 fully saturated rings. The first-order valence-corrected chi connectivity index (χ1v) is 8.97. The van der Waals surface area contributed by atoms with Crippen molar-refractivity contribution in [2.24, 2.45) is 0 Å². The molecule has 25 heavy (non-hydrogen) atoms. The molecular formula is C13H15NNa2O7S2. The van der Waals surface area contributed by atoms with Gasteiger partial charge in [-0.15, -0.1) is 5.06 Å². The number of amides is 2. The van der Waals surface area contributed by atoms with Crippen LogP contribution in [-0.2, 0) is 45.6 Å². The summed E-state index contributed by atoms with van der Waals surface area (Å²) in [6.45, 7) is -0.173. The standard InChI is InChI=1S/C13H13NO7S2.2Na.2H/c15-11-5-6-12(16)14(11)21-13(17)7-9-1-3-10(4-2-9)8-20-23(18,19)22;;;;/h1-4H,5-8H2,(H,18,19,22);;;;. The molecule has 2 rings (SSSR count). The zero-order chi connectivity index (χ0) is 17.0. The van der Waals surface area contributed by atoms with Crippen LogP contribution in [0.5, 0.6) is 0 Å². The minimum atomic E-state index is -3.82. The van der Waals surface area contributed by atoms with Crippen molar-refractivity contribution in [1.29, 1.82) is 0 Å². The van der Waals surface area contributed by atoms with Crippen LogP contribution in [0.4, 0.5) is 0 Å². The van der Waals surface area contributed by atoms with E-state index in [0.717, 1.165) is 0 Å². The Hall–Kier alpha value is 0.0900. The van der Waals surface area contributed by atoms with Crippen LogP contribution in [0.25, 0.3) is 0 Å². The summed E-state index contributed by atoms with van der Waals surface area (Å²) >= 11 is 3.25. The van der Waals surface area contributed by atoms with Gasteiger partial charge in [0.1, 0.15) is 0 Å². The summed E-state index contributed by atoms with van der Waals surface area (Å²) < 4.78 is 26.0. The molecule has 0 spiro atoms. The van der Waals surface area contributed by atoms with E-state index in [0.29, 0.717) is 16.2 Å². The SMILES string of the molecule is O=C(Cc1ccc(COS(=O)(=O)S)cc1)ON1C(=O)CCC1=O.[NaH].[NaH]. The van der Waals surface area contributed by atoms with E-state index < -0.39 is 26.9 Å². The summed E-state index contributed by atoms with van der Waals surface area (Å²) in [7, 11) is -3.82. The molecule has 8 nitrogen and oxygen atoms in total. The molecule has 1 aliphatic rings. The molecule has 0 aromatic heterocycles. The number of rotatable bonds is 6. The first-order valence-electron chi connectivity index (χ1n) is 6.51. The fourth-order valence-corrected chi connectivity index (χ4v) is 2.30. The minimum absolute atomic E-state index is 0. The third-order valence-electron chi connectivity index (χ3n) is 2.94. The average molecular weight is 407 g/mol. The molecule has 1 saturated heterocycles. The van der Waals surface area contributed by atoms with Crippen molar-refractivity contribution in [2.75, 3.05) is 0 Å². The van der Waals surface area contributed by atoms with E-state index in [1.165, 1.54) is 0 Å². The van der Waals surface area contributed by atoms with Crippen molar-refractivity contribution in [1.82, 2.24) is 5.06 Å². The first kappa shape index (κ1) is 25.1. The Morgan fingerprint density at radius 2 is 1.52 bits per heavy atom. The van der Waals surface area contributed by atoms with E-state index in [1.54, 1.807) is 24.3 Å². The Labute approximate surface area is 194 Å². The van der Waals surface area contributed by atoms with Crippen molar-refractivity contribution >= 4 is 97.7 Å². The number of hydrogen-bond donors (Lipinski definition) is 1. The zero-order valence-corrected chi connectivity index (χ0v) is 13.5. The summed E-state index contributed by atoms with van der Waals surface area (Å²) in [5, 5.41) is 0.488. The molecule has 2 amide bonds. The van der Waals surface area contributed by atoms with Gasteiger partial charge in [-0.05, 0) is 22.8 Å². The Bertz CT molecular complexity index is 721. The van der Waals surface area contributed by atoms with Gasteiger partial charge in [-0.25, -0.2) is 4.79 Å². The van der Waals surface area contributed by atoms with E-state index in [2.05, 4.69) is 15.8 Å². The number of nitrogens with zero attached hydrogens (tertiary/aromatic N) is 1. The Kier molecular flexibility index (Phi) is 11.1. The molecule has 0 aliphatic carbocycles. The maximum absolute atomic E-state index is 11.7.